The van der Waals surface area contributed by atoms with Crippen molar-refractivity contribution >= 4 is 0 Å². The molecule has 0 spiro atoms. The third kappa shape index (κ3) is 10.3. The summed E-state index contributed by atoms with van der Waals surface area (Å²) in [7, 11) is 0. The summed E-state index contributed by atoms with van der Waals surface area (Å²) >= 11 is 0. The van der Waals surface area contributed by atoms with Gasteiger partial charge < -0.3 is 0 Å². The van der Waals surface area contributed by atoms with Crippen LogP contribution in [0.4, 0.5) is 0 Å². The quantitative estimate of drug-likeness (QED) is 0.155. The first-order valence-corrected chi connectivity index (χ1v) is 15.3. The van der Waals surface area contributed by atoms with Crippen LogP contribution in [0.5, 0.6) is 0 Å². The highest BCUT2D eigenvalue weighted by atomic mass is 14.2. The molecular formula is C41H52. The fourth-order valence-electron chi connectivity index (χ4n) is 5.54. The van der Waals surface area contributed by atoms with E-state index in [1.165, 1.54) is 0 Å². The van der Waals surface area contributed by atoms with Gasteiger partial charge in [0.1, 0.15) is 0 Å². The first-order chi connectivity index (χ1) is 21.9. The molecule has 0 atom stereocenters. The zero-order valence-corrected chi connectivity index (χ0v) is 26.1. The van der Waals surface area contributed by atoms with Gasteiger partial charge in [0.2, 0.25) is 0 Å². The second-order valence-corrected chi connectivity index (χ2v) is 12.9. The van der Waals surface area contributed by atoms with E-state index in [9.17, 15) is 5.48 Å². The predicted octanol–water partition coefficient (Wildman–Crippen LogP) is 10.6. The second-order valence-electron chi connectivity index (χ2n) is 12.9. The molecule has 0 aliphatic carbocycles. The van der Waals surface area contributed by atoms with E-state index in [1.54, 1.807) is 12.1 Å². The molecule has 0 saturated carbocycles. The molecule has 0 amide bonds. The molecular weight excluding hydrogens is 492 g/mol. The number of rotatable bonds is 13. The lowest BCUT2D eigenvalue weighted by molar-refractivity contribution is 0.645. The number of hydrogen-bond acceptors (Lipinski definition) is 0. The summed E-state index contributed by atoms with van der Waals surface area (Å²) in [6.45, 7) is 14.8. The molecule has 0 bridgehead atoms. The fourth-order valence-corrected chi connectivity index (χ4v) is 5.54. The smallest absolute Gasteiger partial charge is 0.0366 e. The maximum Gasteiger partial charge on any atom is 0.0366 e. The molecule has 41 heavy (non-hydrogen) atoms. The van der Waals surface area contributed by atoms with Crippen molar-refractivity contribution in [1.29, 1.82) is 0 Å². The van der Waals surface area contributed by atoms with E-state index in [-0.39, 0.29) is 6.42 Å². The van der Waals surface area contributed by atoms with Crippen LogP contribution in [0.1, 0.15) is 105 Å². The van der Waals surface area contributed by atoms with Crippen LogP contribution in [0.25, 0.3) is 0 Å². The van der Waals surface area contributed by atoms with E-state index < -0.39 is 19.1 Å². The van der Waals surface area contributed by atoms with Gasteiger partial charge >= 0.3 is 0 Å². The zero-order valence-electron chi connectivity index (χ0n) is 32.1. The van der Waals surface area contributed by atoms with Crippen molar-refractivity contribution in [3.63, 3.8) is 0 Å². The van der Waals surface area contributed by atoms with Gasteiger partial charge in [0, 0.05) is 8.22 Å². The van der Waals surface area contributed by atoms with Gasteiger partial charge in [-0.15, -0.1) is 0 Å². The molecule has 0 aliphatic rings. The monoisotopic (exact) mass is 550 g/mol. The molecule has 0 aromatic heterocycles. The van der Waals surface area contributed by atoms with Crippen LogP contribution in [0.15, 0.2) is 84.9 Å². The normalized spacial score (nSPS) is 14.9. The Morgan fingerprint density at radius 1 is 0.463 bits per heavy atom. The zero-order chi connectivity index (χ0) is 34.7. The minimum atomic E-state index is -1.99. The molecule has 0 N–H and O–H groups in total. The van der Waals surface area contributed by atoms with Gasteiger partial charge in [-0.25, -0.2) is 0 Å². The summed E-state index contributed by atoms with van der Waals surface area (Å²) < 4.78 is 56.1. The summed E-state index contributed by atoms with van der Waals surface area (Å²) in [6, 6.07) is 26.5. The van der Waals surface area contributed by atoms with Crippen LogP contribution in [0, 0.1) is 24.7 Å². The van der Waals surface area contributed by atoms with E-state index in [4.69, 9.17) is 2.74 Å². The summed E-state index contributed by atoms with van der Waals surface area (Å²) in [5.74, 6) is 1.06. The van der Waals surface area contributed by atoms with Crippen LogP contribution < -0.4 is 0 Å². The Kier molecular flexibility index (Phi) is 8.39. The van der Waals surface area contributed by atoms with Crippen LogP contribution >= 0.6 is 0 Å². The van der Waals surface area contributed by atoms with E-state index in [0.717, 1.165) is 34.2 Å². The summed E-state index contributed by atoms with van der Waals surface area (Å²) in [4.78, 5) is 0. The van der Waals surface area contributed by atoms with Crippen molar-refractivity contribution in [1.82, 2.24) is 0 Å². The summed E-state index contributed by atoms with van der Waals surface area (Å²) in [6.07, 6.45) is -3.10. The molecule has 4 rings (SSSR count). The highest BCUT2D eigenvalue weighted by Gasteiger charge is 2.10. The summed E-state index contributed by atoms with van der Waals surface area (Å²) in [5.41, 5.74) is 7.06. The average molecular weight is 551 g/mol. The Labute approximate surface area is 259 Å². The first kappa shape index (κ1) is 23.4. The van der Waals surface area contributed by atoms with Crippen LogP contribution in [0.3, 0.4) is 0 Å². The second kappa shape index (κ2) is 14.7. The van der Waals surface area contributed by atoms with Gasteiger partial charge in [-0.1, -0.05) is 132 Å². The number of benzene rings is 4. The SMILES string of the molecule is [2H]C([2H])(Cc1ccccc1)c1cc(CC(C)C)cc(C([2H])([2H])c2cc(CC(C)C)cc(C([2H])([2H])c3cc(C)cc(CC(C)C)c3)c2)c1. The average Bonchev–Trinajstić information content (AvgIpc) is 2.95. The molecule has 4 aromatic carbocycles. The van der Waals surface area contributed by atoms with Crippen molar-refractivity contribution in [3.05, 3.63) is 141 Å². The number of aryl methyl sites for hydroxylation is 3. The van der Waals surface area contributed by atoms with Gasteiger partial charge in [-0.2, -0.15) is 0 Å². The van der Waals surface area contributed by atoms with E-state index in [0.29, 0.717) is 58.4 Å². The third-order valence-electron chi connectivity index (χ3n) is 6.97. The molecule has 0 saturated heterocycles. The van der Waals surface area contributed by atoms with Crippen molar-refractivity contribution in [2.75, 3.05) is 0 Å². The minimum Gasteiger partial charge on any atom is -0.0625 e. The van der Waals surface area contributed by atoms with Crippen LogP contribution in [-0.4, -0.2) is 0 Å². The van der Waals surface area contributed by atoms with E-state index >= 15 is 0 Å². The lowest BCUT2D eigenvalue weighted by Gasteiger charge is -2.15. The molecule has 0 heterocycles. The van der Waals surface area contributed by atoms with Crippen molar-refractivity contribution < 1.29 is 8.22 Å². The highest BCUT2D eigenvalue weighted by molar-refractivity contribution is 5.40. The van der Waals surface area contributed by atoms with Gasteiger partial charge in [0.05, 0.1) is 0 Å². The van der Waals surface area contributed by atoms with Gasteiger partial charge in [-0.05, 0) is 120 Å². The molecule has 0 nitrogen and oxygen atoms in total. The molecule has 216 valence electrons. The molecule has 0 heteroatoms. The first-order valence-electron chi connectivity index (χ1n) is 18.3. The largest absolute Gasteiger partial charge is 0.0625 e. The molecule has 4 aromatic rings. The highest BCUT2D eigenvalue weighted by Crippen LogP contribution is 2.24. The predicted molar refractivity (Wildman–Crippen MR) is 179 cm³/mol. The fraction of sp³-hybridized carbons (Fsp3) is 0.415. The van der Waals surface area contributed by atoms with E-state index in [1.807, 2.05) is 73.7 Å². The Bertz CT molecular complexity index is 1650. The minimum absolute atomic E-state index is 0.185. The lowest BCUT2D eigenvalue weighted by Crippen LogP contribution is -2.02. The molecule has 0 fully saturated rings. The number of hydrogen-bond donors (Lipinski definition) is 0. The molecule has 0 unspecified atom stereocenters. The maximum atomic E-state index is 9.56. The van der Waals surface area contributed by atoms with Crippen LogP contribution in [-0.2, 0) is 44.8 Å². The lowest BCUT2D eigenvalue weighted by atomic mass is 9.90. The Hall–Kier alpha value is -3.12. The Balaban J connectivity index is 1.87. The molecule has 0 aliphatic heterocycles. The standard InChI is InChI=1S/C41H52/c1-29(2)15-35-18-32(7)19-38(22-35)26-40-24-37(17-31(5)6)25-41(28-40)27-39-21-34(20-36(23-39)16-30(3)4)14-13-33-11-9-8-10-12-33/h8-12,18-25,28-31H,13-17,26-27H2,1-7H3/i14D2,26D2,27D2. The van der Waals surface area contributed by atoms with E-state index in [2.05, 4.69) is 47.6 Å². The maximum absolute atomic E-state index is 9.56. The summed E-state index contributed by atoms with van der Waals surface area (Å²) in [5, 5.41) is 0. The van der Waals surface area contributed by atoms with Gasteiger partial charge in [0.15, 0.2) is 0 Å². The third-order valence-corrected chi connectivity index (χ3v) is 6.97. The van der Waals surface area contributed by atoms with Crippen molar-refractivity contribution in [3.8, 4) is 0 Å². The van der Waals surface area contributed by atoms with Gasteiger partial charge in [0.25, 0.3) is 0 Å². The Morgan fingerprint density at radius 2 is 0.829 bits per heavy atom. The van der Waals surface area contributed by atoms with Crippen molar-refractivity contribution in [2.24, 2.45) is 17.8 Å². The van der Waals surface area contributed by atoms with Gasteiger partial charge in [-0.3, -0.25) is 0 Å². The topological polar surface area (TPSA) is 0 Å². The van der Waals surface area contributed by atoms with Crippen molar-refractivity contribution in [2.45, 2.75) is 93.3 Å². The molecule has 0 radical (unpaired) electrons. The van der Waals surface area contributed by atoms with Crippen LogP contribution in [0.2, 0.25) is 0 Å². The Morgan fingerprint density at radius 3 is 1.32 bits per heavy atom.